The van der Waals surface area contributed by atoms with E-state index >= 15 is 0 Å². The minimum Gasteiger partial charge on any atom is -0.478 e. The van der Waals surface area contributed by atoms with E-state index in [9.17, 15) is 4.79 Å². The van der Waals surface area contributed by atoms with Crippen LogP contribution in [0.5, 0.6) is 0 Å². The molecule has 0 saturated heterocycles. The van der Waals surface area contributed by atoms with E-state index in [1.807, 2.05) is 12.1 Å². The van der Waals surface area contributed by atoms with Gasteiger partial charge in [0, 0.05) is 0 Å². The average Bonchev–Trinajstić information content (AvgIpc) is 2.33. The molecule has 0 unspecified atom stereocenters. The van der Waals surface area contributed by atoms with Crippen molar-refractivity contribution < 1.29 is 9.90 Å². The molecule has 0 fully saturated rings. The molecule has 1 aromatic carbocycles. The zero-order valence-corrected chi connectivity index (χ0v) is 11.7. The first-order valence-corrected chi connectivity index (χ1v) is 7.05. The van der Waals surface area contributed by atoms with Crippen molar-refractivity contribution >= 4 is 17.6 Å². The Morgan fingerprint density at radius 2 is 1.83 bits per heavy atom. The molecule has 0 aliphatic carbocycles. The monoisotopic (exact) mass is 268 g/mol. The molecule has 0 bridgehead atoms. The fraction of sp³-hybridized carbons (Fsp3) is 0.533. The van der Waals surface area contributed by atoms with E-state index in [1.54, 1.807) is 6.07 Å². The van der Waals surface area contributed by atoms with Crippen molar-refractivity contribution in [2.45, 2.75) is 51.9 Å². The summed E-state index contributed by atoms with van der Waals surface area (Å²) in [7, 11) is 0. The van der Waals surface area contributed by atoms with Gasteiger partial charge >= 0.3 is 5.97 Å². The molecule has 0 aliphatic heterocycles. The molecule has 0 aliphatic rings. The van der Waals surface area contributed by atoms with E-state index in [4.69, 9.17) is 16.7 Å². The van der Waals surface area contributed by atoms with Crippen LogP contribution < -0.4 is 0 Å². The van der Waals surface area contributed by atoms with Crippen molar-refractivity contribution in [3.8, 4) is 0 Å². The van der Waals surface area contributed by atoms with E-state index < -0.39 is 5.97 Å². The SMILES string of the molecule is CCCCCCCCc1cccc(Cl)c1C(=O)O. The number of hydrogen-bond acceptors (Lipinski definition) is 1. The van der Waals surface area contributed by atoms with Crippen molar-refractivity contribution in [2.75, 3.05) is 0 Å². The fourth-order valence-corrected chi connectivity index (χ4v) is 2.39. The molecule has 1 rings (SSSR count). The smallest absolute Gasteiger partial charge is 0.337 e. The summed E-state index contributed by atoms with van der Waals surface area (Å²) < 4.78 is 0. The lowest BCUT2D eigenvalue weighted by molar-refractivity contribution is 0.0696. The van der Waals surface area contributed by atoms with Crippen LogP contribution in [0.15, 0.2) is 18.2 Å². The molecule has 100 valence electrons. The summed E-state index contributed by atoms with van der Waals surface area (Å²) in [5.41, 5.74) is 1.12. The maximum atomic E-state index is 11.1. The molecular formula is C15H21ClO2. The van der Waals surface area contributed by atoms with E-state index in [0.29, 0.717) is 5.02 Å². The highest BCUT2D eigenvalue weighted by Crippen LogP contribution is 2.22. The molecule has 2 nitrogen and oxygen atoms in total. The zero-order chi connectivity index (χ0) is 13.4. The summed E-state index contributed by atoms with van der Waals surface area (Å²) in [5, 5.41) is 9.47. The van der Waals surface area contributed by atoms with Crippen LogP contribution in [0.25, 0.3) is 0 Å². The van der Waals surface area contributed by atoms with Gasteiger partial charge < -0.3 is 5.11 Å². The normalized spacial score (nSPS) is 10.6. The number of carboxylic acids is 1. The number of hydrogen-bond donors (Lipinski definition) is 1. The van der Waals surface area contributed by atoms with E-state index in [1.165, 1.54) is 25.7 Å². The van der Waals surface area contributed by atoms with Crippen LogP contribution in [0.1, 0.15) is 61.4 Å². The first-order valence-electron chi connectivity index (χ1n) is 6.67. The number of rotatable bonds is 8. The van der Waals surface area contributed by atoms with Crippen LogP contribution in [0, 0.1) is 0 Å². The van der Waals surface area contributed by atoms with E-state index in [0.717, 1.165) is 24.8 Å². The largest absolute Gasteiger partial charge is 0.478 e. The first-order chi connectivity index (χ1) is 8.66. The van der Waals surface area contributed by atoms with Crippen LogP contribution >= 0.6 is 11.6 Å². The minimum absolute atomic E-state index is 0.271. The molecule has 1 aromatic rings. The molecule has 0 aromatic heterocycles. The van der Waals surface area contributed by atoms with Crippen molar-refractivity contribution in [1.82, 2.24) is 0 Å². The molecule has 0 amide bonds. The van der Waals surface area contributed by atoms with Gasteiger partial charge in [-0.05, 0) is 24.5 Å². The Morgan fingerprint density at radius 1 is 1.17 bits per heavy atom. The number of aromatic carboxylic acids is 1. The highest BCUT2D eigenvalue weighted by atomic mass is 35.5. The molecule has 0 atom stereocenters. The predicted octanol–water partition coefficient (Wildman–Crippen LogP) is 4.94. The lowest BCUT2D eigenvalue weighted by Gasteiger charge is -2.07. The van der Waals surface area contributed by atoms with Gasteiger partial charge in [0.1, 0.15) is 0 Å². The highest BCUT2D eigenvalue weighted by molar-refractivity contribution is 6.33. The molecule has 0 heterocycles. The third-order valence-electron chi connectivity index (χ3n) is 3.11. The zero-order valence-electron chi connectivity index (χ0n) is 10.9. The second-order valence-electron chi connectivity index (χ2n) is 4.60. The molecule has 18 heavy (non-hydrogen) atoms. The average molecular weight is 269 g/mol. The van der Waals surface area contributed by atoms with Gasteiger partial charge in [-0.15, -0.1) is 0 Å². The van der Waals surface area contributed by atoms with Gasteiger partial charge in [-0.2, -0.15) is 0 Å². The second kappa shape index (κ2) is 8.15. The second-order valence-corrected chi connectivity index (χ2v) is 5.00. The molecule has 0 spiro atoms. The van der Waals surface area contributed by atoms with Crippen molar-refractivity contribution in [1.29, 1.82) is 0 Å². The number of halogens is 1. The van der Waals surface area contributed by atoms with Gasteiger partial charge in [-0.1, -0.05) is 62.8 Å². The van der Waals surface area contributed by atoms with Gasteiger partial charge in [0.15, 0.2) is 0 Å². The van der Waals surface area contributed by atoms with Crippen LogP contribution in [-0.4, -0.2) is 11.1 Å². The summed E-state index contributed by atoms with van der Waals surface area (Å²) in [6.45, 7) is 2.20. The Bertz CT molecular complexity index is 388. The number of unbranched alkanes of at least 4 members (excludes halogenated alkanes) is 5. The van der Waals surface area contributed by atoms with Gasteiger partial charge in [-0.3, -0.25) is 0 Å². The molecule has 3 heteroatoms. The fourth-order valence-electron chi connectivity index (χ4n) is 2.11. The minimum atomic E-state index is -0.929. The van der Waals surface area contributed by atoms with Crippen LogP contribution in [-0.2, 0) is 6.42 Å². The Morgan fingerprint density at radius 3 is 2.50 bits per heavy atom. The maximum Gasteiger partial charge on any atom is 0.337 e. The standard InChI is InChI=1S/C15H21ClO2/c1-2-3-4-5-6-7-9-12-10-8-11-13(16)14(12)15(17)18/h8,10-11H,2-7,9H2,1H3,(H,17,18). The van der Waals surface area contributed by atoms with Crippen LogP contribution in [0.2, 0.25) is 5.02 Å². The molecular weight excluding hydrogens is 248 g/mol. The van der Waals surface area contributed by atoms with Crippen LogP contribution in [0.4, 0.5) is 0 Å². The summed E-state index contributed by atoms with van der Waals surface area (Å²) in [6, 6.07) is 5.32. The Hall–Kier alpha value is -1.02. The summed E-state index contributed by atoms with van der Waals surface area (Å²) in [5.74, 6) is -0.929. The van der Waals surface area contributed by atoms with E-state index in [2.05, 4.69) is 6.92 Å². The van der Waals surface area contributed by atoms with Crippen molar-refractivity contribution in [3.05, 3.63) is 34.3 Å². The quantitative estimate of drug-likeness (QED) is 0.678. The van der Waals surface area contributed by atoms with Gasteiger partial charge in [0.2, 0.25) is 0 Å². The maximum absolute atomic E-state index is 11.1. The summed E-state index contributed by atoms with van der Waals surface area (Å²) in [6.07, 6.45) is 8.04. The number of benzene rings is 1. The predicted molar refractivity (Wildman–Crippen MR) is 75.5 cm³/mol. The third kappa shape index (κ3) is 4.69. The lowest BCUT2D eigenvalue weighted by Crippen LogP contribution is -2.03. The molecule has 0 radical (unpaired) electrons. The molecule has 0 saturated carbocycles. The Kier molecular flexibility index (Phi) is 6.81. The summed E-state index contributed by atoms with van der Waals surface area (Å²) >= 11 is 5.92. The highest BCUT2D eigenvalue weighted by Gasteiger charge is 2.13. The Labute approximate surface area is 114 Å². The number of carboxylic acid groups (broad SMARTS) is 1. The van der Waals surface area contributed by atoms with Crippen LogP contribution in [0.3, 0.4) is 0 Å². The lowest BCUT2D eigenvalue weighted by atomic mass is 10.0. The first kappa shape index (κ1) is 15.0. The van der Waals surface area contributed by atoms with Gasteiger partial charge in [0.05, 0.1) is 10.6 Å². The molecule has 1 N–H and O–H groups in total. The number of aryl methyl sites for hydroxylation is 1. The third-order valence-corrected chi connectivity index (χ3v) is 3.43. The van der Waals surface area contributed by atoms with Gasteiger partial charge in [-0.25, -0.2) is 4.79 Å². The Balaban J connectivity index is 2.47. The van der Waals surface area contributed by atoms with Gasteiger partial charge in [0.25, 0.3) is 0 Å². The summed E-state index contributed by atoms with van der Waals surface area (Å²) in [4.78, 5) is 11.1. The van der Waals surface area contributed by atoms with Crippen molar-refractivity contribution in [3.63, 3.8) is 0 Å². The van der Waals surface area contributed by atoms with Crippen molar-refractivity contribution in [2.24, 2.45) is 0 Å². The topological polar surface area (TPSA) is 37.3 Å². The van der Waals surface area contributed by atoms with E-state index in [-0.39, 0.29) is 5.56 Å². The number of carbonyl (C=O) groups is 1.